The number of nitrogens with one attached hydrogen (secondary N) is 2. The molecule has 1 unspecified atom stereocenters. The fourth-order valence-corrected chi connectivity index (χ4v) is 1.88. The maximum Gasteiger partial charge on any atom is 0.237 e. The number of carbonyl (C=O) groups excluding carboxylic acids is 1. The number of carbonyl (C=O) groups is 1. The number of benzene rings is 1. The molecule has 3 nitrogen and oxygen atoms in total. The van der Waals surface area contributed by atoms with Gasteiger partial charge in [-0.05, 0) is 44.4 Å². The average Bonchev–Trinajstić information content (AvgIpc) is 3.12. The van der Waals surface area contributed by atoms with E-state index in [-0.39, 0.29) is 23.8 Å². The van der Waals surface area contributed by atoms with Gasteiger partial charge in [-0.3, -0.25) is 10.1 Å². The summed E-state index contributed by atoms with van der Waals surface area (Å²) in [5.41, 5.74) is 0.848. The third-order valence-corrected chi connectivity index (χ3v) is 3.17. The SMILES string of the molecule is CC(N[C@@H](C)c1cccc(F)c1)C(=O)NC1CC1. The fraction of sp³-hybridized carbons (Fsp3) is 0.500. The predicted molar refractivity (Wildman–Crippen MR) is 68.6 cm³/mol. The molecule has 1 aromatic rings. The van der Waals surface area contributed by atoms with E-state index in [2.05, 4.69) is 10.6 Å². The highest BCUT2D eigenvalue weighted by Gasteiger charge is 2.26. The lowest BCUT2D eigenvalue weighted by Crippen LogP contribution is -2.43. The lowest BCUT2D eigenvalue weighted by Gasteiger charge is -2.20. The summed E-state index contributed by atoms with van der Waals surface area (Å²) in [6.45, 7) is 3.75. The van der Waals surface area contributed by atoms with Gasteiger partial charge in [0.15, 0.2) is 0 Å². The second-order valence-electron chi connectivity index (χ2n) is 4.95. The first-order valence-electron chi connectivity index (χ1n) is 6.38. The minimum atomic E-state index is -0.274. The molecule has 0 radical (unpaired) electrons. The van der Waals surface area contributed by atoms with Gasteiger partial charge in [0.05, 0.1) is 6.04 Å². The maximum absolute atomic E-state index is 13.1. The molecule has 2 atom stereocenters. The van der Waals surface area contributed by atoms with Crippen molar-refractivity contribution >= 4 is 5.91 Å². The lowest BCUT2D eigenvalue weighted by molar-refractivity contribution is -0.123. The van der Waals surface area contributed by atoms with Crippen LogP contribution in [0.25, 0.3) is 0 Å². The molecule has 4 heteroatoms. The van der Waals surface area contributed by atoms with Crippen molar-refractivity contribution in [3.63, 3.8) is 0 Å². The molecule has 98 valence electrons. The Hall–Kier alpha value is -1.42. The number of rotatable bonds is 5. The fourth-order valence-electron chi connectivity index (χ4n) is 1.88. The molecule has 1 aliphatic carbocycles. The van der Waals surface area contributed by atoms with Crippen molar-refractivity contribution in [1.29, 1.82) is 0 Å². The molecule has 1 aliphatic rings. The van der Waals surface area contributed by atoms with E-state index in [4.69, 9.17) is 0 Å². The van der Waals surface area contributed by atoms with Gasteiger partial charge in [0, 0.05) is 12.1 Å². The van der Waals surface area contributed by atoms with Gasteiger partial charge < -0.3 is 5.32 Å². The van der Waals surface area contributed by atoms with E-state index in [1.807, 2.05) is 19.9 Å². The molecule has 2 N–H and O–H groups in total. The summed E-state index contributed by atoms with van der Waals surface area (Å²) in [4.78, 5) is 11.8. The molecule has 0 aromatic heterocycles. The Morgan fingerprint density at radius 1 is 1.39 bits per heavy atom. The quantitative estimate of drug-likeness (QED) is 0.840. The van der Waals surface area contributed by atoms with Crippen molar-refractivity contribution in [2.24, 2.45) is 0 Å². The van der Waals surface area contributed by atoms with Crippen LogP contribution in [0.5, 0.6) is 0 Å². The van der Waals surface area contributed by atoms with Gasteiger partial charge in [-0.25, -0.2) is 4.39 Å². The Balaban J connectivity index is 1.89. The number of halogens is 1. The Morgan fingerprint density at radius 3 is 2.72 bits per heavy atom. The molecule has 18 heavy (non-hydrogen) atoms. The van der Waals surface area contributed by atoms with Crippen molar-refractivity contribution in [2.75, 3.05) is 0 Å². The Bertz CT molecular complexity index is 432. The third-order valence-electron chi connectivity index (χ3n) is 3.17. The van der Waals surface area contributed by atoms with Crippen LogP contribution in [0, 0.1) is 5.82 Å². The zero-order valence-corrected chi connectivity index (χ0v) is 10.7. The summed E-state index contributed by atoms with van der Waals surface area (Å²) in [5.74, 6) is -0.239. The van der Waals surface area contributed by atoms with Crippen LogP contribution in [-0.2, 0) is 4.79 Å². The van der Waals surface area contributed by atoms with Crippen LogP contribution < -0.4 is 10.6 Å². The van der Waals surface area contributed by atoms with Crippen molar-refractivity contribution in [2.45, 2.75) is 44.8 Å². The Kier molecular flexibility index (Phi) is 3.97. The Labute approximate surface area is 107 Å². The highest BCUT2D eigenvalue weighted by Crippen LogP contribution is 2.19. The van der Waals surface area contributed by atoms with E-state index >= 15 is 0 Å². The van der Waals surface area contributed by atoms with Crippen molar-refractivity contribution < 1.29 is 9.18 Å². The summed E-state index contributed by atoms with van der Waals surface area (Å²) >= 11 is 0. The molecule has 0 bridgehead atoms. The highest BCUT2D eigenvalue weighted by molar-refractivity contribution is 5.81. The normalized spacial score (nSPS) is 18.2. The molecular formula is C14H19FN2O. The molecular weight excluding hydrogens is 231 g/mol. The summed E-state index contributed by atoms with van der Waals surface area (Å²) in [6.07, 6.45) is 2.16. The standard InChI is InChI=1S/C14H19FN2O/c1-9(11-4-3-5-12(15)8-11)16-10(2)14(18)17-13-6-7-13/h3-5,8-10,13,16H,6-7H2,1-2H3,(H,17,18)/t9-,10?/m0/s1. The van der Waals surface area contributed by atoms with E-state index < -0.39 is 0 Å². The van der Waals surface area contributed by atoms with Gasteiger partial charge in [0.2, 0.25) is 5.91 Å². The molecule has 1 amide bonds. The van der Waals surface area contributed by atoms with Crippen molar-refractivity contribution in [1.82, 2.24) is 10.6 Å². The monoisotopic (exact) mass is 250 g/mol. The maximum atomic E-state index is 13.1. The molecule has 0 aliphatic heterocycles. The molecule has 0 saturated heterocycles. The smallest absolute Gasteiger partial charge is 0.237 e. The van der Waals surface area contributed by atoms with E-state index in [9.17, 15) is 9.18 Å². The van der Waals surface area contributed by atoms with E-state index in [0.29, 0.717) is 6.04 Å². The van der Waals surface area contributed by atoms with Crippen LogP contribution in [0.4, 0.5) is 4.39 Å². The minimum absolute atomic E-state index is 0.0146. The topological polar surface area (TPSA) is 41.1 Å². The zero-order valence-electron chi connectivity index (χ0n) is 10.7. The highest BCUT2D eigenvalue weighted by atomic mass is 19.1. The van der Waals surface area contributed by atoms with Gasteiger partial charge in [-0.1, -0.05) is 12.1 Å². The van der Waals surface area contributed by atoms with E-state index in [1.165, 1.54) is 12.1 Å². The van der Waals surface area contributed by atoms with E-state index in [0.717, 1.165) is 18.4 Å². The van der Waals surface area contributed by atoms with Crippen LogP contribution >= 0.6 is 0 Å². The van der Waals surface area contributed by atoms with Gasteiger partial charge in [0.1, 0.15) is 5.82 Å². The molecule has 0 spiro atoms. The number of hydrogen-bond donors (Lipinski definition) is 2. The number of amides is 1. The Morgan fingerprint density at radius 2 is 2.11 bits per heavy atom. The second kappa shape index (κ2) is 5.48. The minimum Gasteiger partial charge on any atom is -0.352 e. The van der Waals surface area contributed by atoms with Gasteiger partial charge >= 0.3 is 0 Å². The van der Waals surface area contributed by atoms with Crippen molar-refractivity contribution in [3.8, 4) is 0 Å². The van der Waals surface area contributed by atoms with Crippen LogP contribution in [0.3, 0.4) is 0 Å². The van der Waals surface area contributed by atoms with Gasteiger partial charge in [-0.2, -0.15) is 0 Å². The lowest BCUT2D eigenvalue weighted by atomic mass is 10.1. The van der Waals surface area contributed by atoms with Crippen LogP contribution in [-0.4, -0.2) is 18.0 Å². The molecule has 0 heterocycles. The third kappa shape index (κ3) is 3.53. The molecule has 2 rings (SSSR count). The molecule has 1 saturated carbocycles. The second-order valence-corrected chi connectivity index (χ2v) is 4.95. The van der Waals surface area contributed by atoms with Crippen molar-refractivity contribution in [3.05, 3.63) is 35.6 Å². The van der Waals surface area contributed by atoms with Crippen LogP contribution in [0.2, 0.25) is 0 Å². The largest absolute Gasteiger partial charge is 0.352 e. The average molecular weight is 250 g/mol. The summed E-state index contributed by atoms with van der Waals surface area (Å²) < 4.78 is 13.1. The van der Waals surface area contributed by atoms with Gasteiger partial charge in [0.25, 0.3) is 0 Å². The molecule has 1 fully saturated rings. The first-order valence-corrected chi connectivity index (χ1v) is 6.38. The van der Waals surface area contributed by atoms with Crippen LogP contribution in [0.15, 0.2) is 24.3 Å². The van der Waals surface area contributed by atoms with E-state index in [1.54, 1.807) is 6.07 Å². The summed E-state index contributed by atoms with van der Waals surface area (Å²) in [5, 5.41) is 6.12. The molecule has 1 aromatic carbocycles. The predicted octanol–water partition coefficient (Wildman–Crippen LogP) is 2.14. The first-order chi connectivity index (χ1) is 8.56. The van der Waals surface area contributed by atoms with Gasteiger partial charge in [-0.15, -0.1) is 0 Å². The summed E-state index contributed by atoms with van der Waals surface area (Å²) in [6, 6.07) is 6.47. The zero-order chi connectivity index (χ0) is 13.1. The summed E-state index contributed by atoms with van der Waals surface area (Å²) in [7, 11) is 0. The first kappa shape index (κ1) is 13.0. The van der Waals surface area contributed by atoms with Crippen LogP contribution in [0.1, 0.15) is 38.3 Å². The number of hydrogen-bond acceptors (Lipinski definition) is 2.